The molecule has 9 heteroatoms. The van der Waals surface area contributed by atoms with Crippen molar-refractivity contribution in [2.75, 3.05) is 30.8 Å². The number of nitrogen functional groups attached to an aromatic ring is 1. The molecule has 1 aromatic carbocycles. The summed E-state index contributed by atoms with van der Waals surface area (Å²) >= 11 is 0. The SMILES string of the molecule is CNC1CC12CCN(c1c(F)c(N)c3c(=O)c(C(=O)O)cn(C4CC4)c3c1F)C2. The second-order valence-electron chi connectivity index (χ2n) is 8.51. The van der Waals surface area contributed by atoms with Gasteiger partial charge in [-0.15, -0.1) is 0 Å². The Morgan fingerprint density at radius 3 is 2.66 bits per heavy atom. The highest BCUT2D eigenvalue weighted by Crippen LogP contribution is 2.54. The molecule has 1 saturated heterocycles. The minimum absolute atomic E-state index is 0.0146. The van der Waals surface area contributed by atoms with Gasteiger partial charge in [0.2, 0.25) is 5.43 Å². The van der Waals surface area contributed by atoms with Crippen LogP contribution in [0.3, 0.4) is 0 Å². The molecule has 3 fully saturated rings. The van der Waals surface area contributed by atoms with Crippen molar-refractivity contribution >= 4 is 28.2 Å². The summed E-state index contributed by atoms with van der Waals surface area (Å²) in [7, 11) is 1.88. The van der Waals surface area contributed by atoms with Crippen molar-refractivity contribution in [1.82, 2.24) is 9.88 Å². The predicted octanol–water partition coefficient (Wildman–Crippen LogP) is 2.08. The van der Waals surface area contributed by atoms with E-state index < -0.39 is 34.3 Å². The van der Waals surface area contributed by atoms with E-state index in [1.165, 1.54) is 4.57 Å². The summed E-state index contributed by atoms with van der Waals surface area (Å²) in [5.41, 5.74) is 3.69. The Morgan fingerprint density at radius 2 is 2.07 bits per heavy atom. The van der Waals surface area contributed by atoms with Crippen LogP contribution in [0.4, 0.5) is 20.2 Å². The van der Waals surface area contributed by atoms with E-state index in [-0.39, 0.29) is 28.0 Å². The van der Waals surface area contributed by atoms with E-state index >= 15 is 8.78 Å². The topological polar surface area (TPSA) is 101 Å². The number of nitrogens with one attached hydrogen (secondary N) is 1. The fourth-order valence-corrected chi connectivity index (χ4v) is 4.92. The van der Waals surface area contributed by atoms with Gasteiger partial charge >= 0.3 is 5.97 Å². The molecule has 1 aliphatic heterocycles. The van der Waals surface area contributed by atoms with Gasteiger partial charge in [0.1, 0.15) is 11.3 Å². The molecule has 2 unspecified atom stereocenters. The molecule has 1 spiro atoms. The van der Waals surface area contributed by atoms with E-state index in [1.54, 1.807) is 4.90 Å². The summed E-state index contributed by atoms with van der Waals surface area (Å²) in [5.74, 6) is -3.27. The Kier molecular flexibility index (Phi) is 3.74. The van der Waals surface area contributed by atoms with Crippen molar-refractivity contribution in [1.29, 1.82) is 0 Å². The van der Waals surface area contributed by atoms with Crippen molar-refractivity contribution in [3.05, 3.63) is 33.6 Å². The molecule has 0 bridgehead atoms. The second kappa shape index (κ2) is 5.91. The van der Waals surface area contributed by atoms with Crippen molar-refractivity contribution in [3.63, 3.8) is 0 Å². The number of anilines is 2. The monoisotopic (exact) mass is 404 g/mol. The van der Waals surface area contributed by atoms with Crippen LogP contribution >= 0.6 is 0 Å². The van der Waals surface area contributed by atoms with Gasteiger partial charge in [-0.2, -0.15) is 0 Å². The molecule has 2 heterocycles. The summed E-state index contributed by atoms with van der Waals surface area (Å²) < 4.78 is 32.4. The lowest BCUT2D eigenvalue weighted by molar-refractivity contribution is 0.0695. The van der Waals surface area contributed by atoms with Crippen LogP contribution in [-0.2, 0) is 0 Å². The Bertz CT molecular complexity index is 1130. The lowest BCUT2D eigenvalue weighted by Crippen LogP contribution is -2.27. The summed E-state index contributed by atoms with van der Waals surface area (Å²) in [6, 6.07) is 0.213. The first-order valence-corrected chi connectivity index (χ1v) is 9.80. The molecule has 2 saturated carbocycles. The Hall–Kier alpha value is -2.68. The van der Waals surface area contributed by atoms with Crippen LogP contribution in [0.5, 0.6) is 0 Å². The van der Waals surface area contributed by atoms with Crippen molar-refractivity contribution in [3.8, 4) is 0 Å². The maximum atomic E-state index is 15.7. The number of nitrogens with two attached hydrogens (primary N) is 1. The van der Waals surface area contributed by atoms with E-state index in [0.717, 1.165) is 31.9 Å². The zero-order chi connectivity index (χ0) is 20.7. The molecular formula is C20H22F2N4O3. The standard InChI is InChI=1S/C20H22F2N4O3/c1-24-11-6-20(11)4-5-25(8-20)17-13(21)15(23)12-16(14(17)22)26(9-2-3-9)7-10(18(12)27)19(28)29/h7,9,11,24H,2-6,8,23H2,1H3,(H,28,29). The lowest BCUT2D eigenvalue weighted by Gasteiger charge is -2.24. The number of pyridine rings is 1. The van der Waals surface area contributed by atoms with E-state index in [9.17, 15) is 14.7 Å². The molecule has 0 amide bonds. The summed E-state index contributed by atoms with van der Waals surface area (Å²) in [5, 5.41) is 12.2. The zero-order valence-electron chi connectivity index (χ0n) is 16.0. The number of carbonyl (C=O) groups is 1. The third-order valence-corrected chi connectivity index (χ3v) is 6.77. The van der Waals surface area contributed by atoms with Crippen LogP contribution in [-0.4, -0.2) is 41.8 Å². The van der Waals surface area contributed by atoms with Gasteiger partial charge in [-0.3, -0.25) is 4.79 Å². The number of carboxylic acids is 1. The number of hydrogen-bond donors (Lipinski definition) is 3. The first-order valence-electron chi connectivity index (χ1n) is 9.80. The maximum absolute atomic E-state index is 15.7. The number of carboxylic acid groups (broad SMARTS) is 1. The van der Waals surface area contributed by atoms with Crippen LogP contribution in [0, 0.1) is 17.0 Å². The number of nitrogens with zero attached hydrogens (tertiary/aromatic N) is 2. The van der Waals surface area contributed by atoms with E-state index in [2.05, 4.69) is 5.32 Å². The number of fused-ring (bicyclic) bond motifs is 1. The molecule has 2 aromatic rings. The van der Waals surface area contributed by atoms with Crippen molar-refractivity contribution in [2.24, 2.45) is 5.41 Å². The summed E-state index contributed by atoms with van der Waals surface area (Å²) in [6.45, 7) is 1.01. The van der Waals surface area contributed by atoms with Gasteiger partial charge in [0.25, 0.3) is 0 Å². The van der Waals surface area contributed by atoms with Gasteiger partial charge in [-0.05, 0) is 32.7 Å². The van der Waals surface area contributed by atoms with Crippen LogP contribution in [0.1, 0.15) is 42.1 Å². The third kappa shape index (κ3) is 2.49. The van der Waals surface area contributed by atoms with Gasteiger partial charge in [0.05, 0.1) is 16.6 Å². The highest BCUT2D eigenvalue weighted by molar-refractivity contribution is 5.99. The highest BCUT2D eigenvalue weighted by Gasteiger charge is 2.57. The Balaban J connectivity index is 1.74. The minimum Gasteiger partial charge on any atom is -0.477 e. The Morgan fingerprint density at radius 1 is 1.34 bits per heavy atom. The third-order valence-electron chi connectivity index (χ3n) is 6.77. The fourth-order valence-electron chi connectivity index (χ4n) is 4.92. The average molecular weight is 404 g/mol. The molecule has 2 atom stereocenters. The quantitative estimate of drug-likeness (QED) is 0.675. The maximum Gasteiger partial charge on any atom is 0.341 e. The molecule has 0 radical (unpaired) electrons. The molecule has 7 nitrogen and oxygen atoms in total. The van der Waals surface area contributed by atoms with Crippen LogP contribution in [0.2, 0.25) is 0 Å². The van der Waals surface area contributed by atoms with Crippen LogP contribution < -0.4 is 21.4 Å². The van der Waals surface area contributed by atoms with E-state index in [0.29, 0.717) is 19.1 Å². The molecule has 3 aliphatic rings. The summed E-state index contributed by atoms with van der Waals surface area (Å²) in [4.78, 5) is 25.9. The molecule has 4 N–H and O–H groups in total. The lowest BCUT2D eigenvalue weighted by atomic mass is 10.1. The molecule has 2 aliphatic carbocycles. The number of benzene rings is 1. The highest BCUT2D eigenvalue weighted by atomic mass is 19.1. The summed E-state index contributed by atoms with van der Waals surface area (Å²) in [6.07, 6.45) is 4.42. The van der Waals surface area contributed by atoms with E-state index in [1.807, 2.05) is 7.05 Å². The second-order valence-corrected chi connectivity index (χ2v) is 8.51. The number of aromatic nitrogens is 1. The van der Waals surface area contributed by atoms with Gasteiger partial charge in [0, 0.05) is 36.8 Å². The average Bonchev–Trinajstić information content (AvgIpc) is 3.58. The van der Waals surface area contributed by atoms with Gasteiger partial charge in [-0.1, -0.05) is 0 Å². The predicted molar refractivity (Wildman–Crippen MR) is 104 cm³/mol. The number of halogens is 2. The first-order chi connectivity index (χ1) is 13.8. The van der Waals surface area contributed by atoms with Gasteiger partial charge < -0.3 is 25.6 Å². The number of rotatable bonds is 4. The number of aromatic carboxylic acids is 1. The molecule has 29 heavy (non-hydrogen) atoms. The van der Waals surface area contributed by atoms with Gasteiger partial charge in [0.15, 0.2) is 11.6 Å². The molecular weight excluding hydrogens is 382 g/mol. The normalized spacial score (nSPS) is 25.9. The van der Waals surface area contributed by atoms with Crippen molar-refractivity contribution < 1.29 is 18.7 Å². The van der Waals surface area contributed by atoms with Crippen LogP contribution in [0.25, 0.3) is 10.9 Å². The van der Waals surface area contributed by atoms with Crippen LogP contribution in [0.15, 0.2) is 11.0 Å². The largest absolute Gasteiger partial charge is 0.477 e. The zero-order valence-corrected chi connectivity index (χ0v) is 16.0. The van der Waals surface area contributed by atoms with E-state index in [4.69, 9.17) is 5.73 Å². The first kappa shape index (κ1) is 18.4. The smallest absolute Gasteiger partial charge is 0.341 e. The van der Waals surface area contributed by atoms with Gasteiger partial charge in [-0.25, -0.2) is 13.6 Å². The minimum atomic E-state index is -1.44. The Labute approximate surface area is 165 Å². The molecule has 1 aromatic heterocycles. The molecule has 154 valence electrons. The number of hydrogen-bond acceptors (Lipinski definition) is 5. The fraction of sp³-hybridized carbons (Fsp3) is 0.500. The molecule has 5 rings (SSSR count). The van der Waals surface area contributed by atoms with Crippen molar-refractivity contribution in [2.45, 2.75) is 37.8 Å².